The van der Waals surface area contributed by atoms with Gasteiger partial charge in [0.25, 0.3) is 0 Å². The molecule has 0 saturated carbocycles. The molecule has 0 aliphatic heterocycles. The summed E-state index contributed by atoms with van der Waals surface area (Å²) in [6.45, 7) is 0. The van der Waals surface area contributed by atoms with E-state index in [2.05, 4.69) is 15.2 Å². The van der Waals surface area contributed by atoms with Crippen molar-refractivity contribution in [2.45, 2.75) is 0 Å². The average Bonchev–Trinajstić information content (AvgIpc) is 3.36. The molecule has 0 radical (unpaired) electrons. The fourth-order valence-electron chi connectivity index (χ4n) is 3.14. The minimum absolute atomic E-state index is 0.0355. The highest BCUT2D eigenvalue weighted by molar-refractivity contribution is 6.13. The molecule has 5 aromatic rings. The van der Waals surface area contributed by atoms with Crippen LogP contribution in [0.3, 0.4) is 0 Å². The summed E-state index contributed by atoms with van der Waals surface area (Å²) in [6.07, 6.45) is 1.50. The second-order valence-electron chi connectivity index (χ2n) is 6.13. The fraction of sp³-hybridized carbons (Fsp3) is 0. The van der Waals surface area contributed by atoms with Crippen molar-refractivity contribution >= 4 is 27.9 Å². The highest BCUT2D eigenvalue weighted by Crippen LogP contribution is 2.30. The number of carboxylic acids is 1. The van der Waals surface area contributed by atoms with Crippen molar-refractivity contribution in [2.75, 3.05) is 0 Å². The highest BCUT2D eigenvalue weighted by Gasteiger charge is 2.19. The molecule has 1 N–H and O–H groups in total. The number of benzene rings is 2. The maximum Gasteiger partial charge on any atom is 0.336 e. The topological polar surface area (TPSA) is 94.0 Å². The van der Waals surface area contributed by atoms with Crippen LogP contribution in [0.1, 0.15) is 10.4 Å². The van der Waals surface area contributed by atoms with Crippen LogP contribution in [0, 0.1) is 5.82 Å². The molecule has 0 fully saturated rings. The summed E-state index contributed by atoms with van der Waals surface area (Å²) in [5, 5.41) is 18.9. The van der Waals surface area contributed by atoms with Crippen LogP contribution in [0.5, 0.6) is 0 Å². The zero-order valence-corrected chi connectivity index (χ0v) is 14.2. The summed E-state index contributed by atoms with van der Waals surface area (Å²) in [4.78, 5) is 17.7. The van der Waals surface area contributed by atoms with Gasteiger partial charge in [0, 0.05) is 11.5 Å². The van der Waals surface area contributed by atoms with E-state index in [9.17, 15) is 14.3 Å². The number of furan rings is 1. The third-order valence-corrected chi connectivity index (χ3v) is 4.37. The van der Waals surface area contributed by atoms with E-state index in [-0.39, 0.29) is 5.56 Å². The zero-order valence-electron chi connectivity index (χ0n) is 14.2. The molecule has 0 aliphatic carbocycles. The number of fused-ring (bicyclic) bond motifs is 3. The van der Waals surface area contributed by atoms with Gasteiger partial charge in [-0.25, -0.2) is 14.2 Å². The maximum absolute atomic E-state index is 13.5. The Morgan fingerprint density at radius 2 is 1.89 bits per heavy atom. The largest absolute Gasteiger partial charge is 0.478 e. The van der Waals surface area contributed by atoms with Crippen LogP contribution in [-0.4, -0.2) is 31.1 Å². The number of aromatic carboxylic acids is 1. The Bertz CT molecular complexity index is 1360. The van der Waals surface area contributed by atoms with Gasteiger partial charge in [-0.3, -0.25) is 0 Å². The summed E-state index contributed by atoms with van der Waals surface area (Å²) < 4.78 is 18.9. The second kappa shape index (κ2) is 5.98. The smallest absolute Gasteiger partial charge is 0.336 e. The molecule has 0 saturated heterocycles. The third kappa shape index (κ3) is 2.50. The van der Waals surface area contributed by atoms with E-state index in [4.69, 9.17) is 4.42 Å². The molecular weight excluding hydrogens is 363 g/mol. The molecule has 0 unspecified atom stereocenters. The first-order chi connectivity index (χ1) is 13.6. The summed E-state index contributed by atoms with van der Waals surface area (Å²) >= 11 is 0. The Morgan fingerprint density at radius 1 is 1.04 bits per heavy atom. The van der Waals surface area contributed by atoms with Gasteiger partial charge in [-0.2, -0.15) is 4.80 Å². The van der Waals surface area contributed by atoms with E-state index in [1.54, 1.807) is 36.4 Å². The van der Waals surface area contributed by atoms with Gasteiger partial charge in [0.1, 0.15) is 22.5 Å². The Hall–Kier alpha value is -4.07. The van der Waals surface area contributed by atoms with Crippen molar-refractivity contribution in [2.24, 2.45) is 0 Å². The molecule has 7 nitrogen and oxygen atoms in total. The van der Waals surface area contributed by atoms with Crippen LogP contribution in [0.2, 0.25) is 0 Å². The Kier molecular flexibility index (Phi) is 3.45. The molecule has 2 aromatic carbocycles. The van der Waals surface area contributed by atoms with E-state index in [0.29, 0.717) is 39.1 Å². The van der Waals surface area contributed by atoms with Gasteiger partial charge in [0.2, 0.25) is 0 Å². The summed E-state index contributed by atoms with van der Waals surface area (Å²) in [5.41, 5.74) is 2.18. The number of nitrogens with zero attached hydrogens (tertiary/aromatic N) is 4. The Balaban J connectivity index is 1.80. The molecule has 3 aromatic heterocycles. The number of pyridine rings is 1. The molecule has 5 rings (SSSR count). The van der Waals surface area contributed by atoms with Crippen molar-refractivity contribution in [1.82, 2.24) is 20.0 Å². The normalized spacial score (nSPS) is 11.3. The van der Waals surface area contributed by atoms with Gasteiger partial charge in [-0.1, -0.05) is 6.07 Å². The van der Waals surface area contributed by atoms with Gasteiger partial charge in [-0.05, 0) is 42.5 Å². The number of hydrogen-bond donors (Lipinski definition) is 1. The first-order valence-corrected chi connectivity index (χ1v) is 8.34. The lowest BCUT2D eigenvalue weighted by Gasteiger charge is -2.05. The SMILES string of the molecule is O=C(O)c1cc(-c2ccco2)nc2ccc3nn(-c4cccc(F)c4)nc3c12. The predicted molar refractivity (Wildman–Crippen MR) is 98.8 cm³/mol. The predicted octanol–water partition coefficient (Wildman–Crippen LogP) is 4.07. The minimum Gasteiger partial charge on any atom is -0.478 e. The molecule has 0 bridgehead atoms. The van der Waals surface area contributed by atoms with E-state index in [0.717, 1.165) is 0 Å². The first-order valence-electron chi connectivity index (χ1n) is 8.34. The average molecular weight is 374 g/mol. The van der Waals surface area contributed by atoms with E-state index >= 15 is 0 Å². The van der Waals surface area contributed by atoms with Crippen molar-refractivity contribution in [1.29, 1.82) is 0 Å². The minimum atomic E-state index is -1.12. The van der Waals surface area contributed by atoms with E-state index < -0.39 is 11.8 Å². The number of rotatable bonds is 3. The number of hydrogen-bond acceptors (Lipinski definition) is 5. The van der Waals surface area contributed by atoms with Crippen molar-refractivity contribution < 1.29 is 18.7 Å². The van der Waals surface area contributed by atoms with E-state index in [1.807, 2.05) is 0 Å². The lowest BCUT2D eigenvalue weighted by Crippen LogP contribution is -2.01. The molecule has 3 heterocycles. The zero-order chi connectivity index (χ0) is 19.3. The lowest BCUT2D eigenvalue weighted by atomic mass is 10.1. The number of aromatic nitrogens is 4. The van der Waals surface area contributed by atoms with Gasteiger partial charge in [-0.15, -0.1) is 10.2 Å². The molecule has 28 heavy (non-hydrogen) atoms. The third-order valence-electron chi connectivity index (χ3n) is 4.37. The summed E-state index contributed by atoms with van der Waals surface area (Å²) in [6, 6.07) is 14.1. The monoisotopic (exact) mass is 374 g/mol. The van der Waals surface area contributed by atoms with Crippen LogP contribution in [0.25, 0.3) is 39.1 Å². The van der Waals surface area contributed by atoms with Crippen molar-refractivity contribution in [3.05, 3.63) is 72.2 Å². The van der Waals surface area contributed by atoms with Crippen molar-refractivity contribution in [3.63, 3.8) is 0 Å². The Morgan fingerprint density at radius 3 is 2.64 bits per heavy atom. The van der Waals surface area contributed by atoms with Crippen LogP contribution in [0.15, 0.2) is 65.3 Å². The quantitative estimate of drug-likeness (QED) is 0.512. The van der Waals surface area contributed by atoms with Crippen molar-refractivity contribution in [3.8, 4) is 17.1 Å². The van der Waals surface area contributed by atoms with E-state index in [1.165, 1.54) is 29.3 Å². The first kappa shape index (κ1) is 16.1. The number of carboxylic acid groups (broad SMARTS) is 1. The maximum atomic E-state index is 13.5. The van der Waals surface area contributed by atoms with Crippen LogP contribution >= 0.6 is 0 Å². The molecule has 0 spiro atoms. The highest BCUT2D eigenvalue weighted by atomic mass is 19.1. The van der Waals surface area contributed by atoms with Gasteiger partial charge in [0.05, 0.1) is 23.0 Å². The molecule has 0 atom stereocenters. The van der Waals surface area contributed by atoms with Gasteiger partial charge >= 0.3 is 5.97 Å². The number of halogens is 1. The molecular formula is C20H11FN4O3. The second-order valence-corrected chi connectivity index (χ2v) is 6.13. The van der Waals surface area contributed by atoms with Crippen LogP contribution in [-0.2, 0) is 0 Å². The van der Waals surface area contributed by atoms with Crippen LogP contribution in [0.4, 0.5) is 4.39 Å². The van der Waals surface area contributed by atoms with Gasteiger partial charge in [0.15, 0.2) is 5.76 Å². The summed E-state index contributed by atoms with van der Waals surface area (Å²) in [5.74, 6) is -1.07. The molecule has 0 aliphatic rings. The molecule has 136 valence electrons. The number of carbonyl (C=O) groups is 1. The summed E-state index contributed by atoms with van der Waals surface area (Å²) in [7, 11) is 0. The Labute approximate surface area is 156 Å². The van der Waals surface area contributed by atoms with Crippen LogP contribution < -0.4 is 0 Å². The van der Waals surface area contributed by atoms with Gasteiger partial charge < -0.3 is 9.52 Å². The lowest BCUT2D eigenvalue weighted by molar-refractivity contribution is 0.0699. The standard InChI is InChI=1S/C20H11FN4O3/c21-11-3-1-4-12(9-11)25-23-15-7-6-14-18(19(15)24-25)13(20(26)27)10-16(22-14)17-5-2-8-28-17/h1-10H,(H,26,27). The molecule has 0 amide bonds. The fourth-order valence-corrected chi connectivity index (χ4v) is 3.14. The molecule has 8 heteroatoms.